The summed E-state index contributed by atoms with van der Waals surface area (Å²) in [7, 11) is 0. The number of rotatable bonds is 6. The van der Waals surface area contributed by atoms with Crippen molar-refractivity contribution < 1.29 is 4.79 Å². The summed E-state index contributed by atoms with van der Waals surface area (Å²) in [6.45, 7) is 2.03. The maximum Gasteiger partial charge on any atom is 0.251 e. The minimum atomic E-state index is -0.148. The highest BCUT2D eigenvalue weighted by Gasteiger charge is 2.26. The molecule has 1 aliphatic heterocycles. The number of aryl methyl sites for hydroxylation is 1. The minimum Gasteiger partial charge on any atom is -0.342 e. The molecule has 1 amide bonds. The molecule has 4 rings (SSSR count). The van der Waals surface area contributed by atoms with Crippen molar-refractivity contribution in [3.8, 4) is 10.6 Å². The summed E-state index contributed by atoms with van der Waals surface area (Å²) in [5, 5.41) is 6.02. The van der Waals surface area contributed by atoms with Crippen LogP contribution in [0.3, 0.4) is 0 Å². The topological polar surface area (TPSA) is 96.8 Å². The zero-order valence-electron chi connectivity index (χ0n) is 15.5. The van der Waals surface area contributed by atoms with Gasteiger partial charge in [-0.1, -0.05) is 6.07 Å². The fourth-order valence-electron chi connectivity index (χ4n) is 3.55. The van der Waals surface area contributed by atoms with Crippen molar-refractivity contribution in [2.75, 3.05) is 13.1 Å². The molecule has 3 aromatic heterocycles. The molecule has 0 aliphatic carbocycles. The van der Waals surface area contributed by atoms with Gasteiger partial charge in [0.25, 0.3) is 5.56 Å². The van der Waals surface area contributed by atoms with Crippen LogP contribution < -0.4 is 5.56 Å². The molecule has 1 aliphatic rings. The number of carbonyl (C=O) groups is 1. The fourth-order valence-corrected chi connectivity index (χ4v) is 4.23. The number of nitrogens with one attached hydrogen (secondary N) is 1. The lowest BCUT2D eigenvalue weighted by Gasteiger charge is -2.32. The molecule has 1 N–H and O–H groups in total. The molecular formula is C19H22N6O2S. The Balaban J connectivity index is 1.40. The van der Waals surface area contributed by atoms with Gasteiger partial charge in [-0.2, -0.15) is 5.10 Å². The number of amides is 1. The van der Waals surface area contributed by atoms with E-state index in [9.17, 15) is 9.59 Å². The van der Waals surface area contributed by atoms with E-state index in [0.29, 0.717) is 31.0 Å². The number of aromatic amines is 1. The number of hydrogen-bond donors (Lipinski definition) is 1. The monoisotopic (exact) mass is 398 g/mol. The summed E-state index contributed by atoms with van der Waals surface area (Å²) in [5.74, 6) is 0.873. The summed E-state index contributed by atoms with van der Waals surface area (Å²) in [6.07, 6.45) is 6.18. The predicted octanol–water partition coefficient (Wildman–Crippen LogP) is 2.28. The third kappa shape index (κ3) is 4.36. The van der Waals surface area contributed by atoms with Gasteiger partial charge >= 0.3 is 0 Å². The van der Waals surface area contributed by atoms with Gasteiger partial charge in [0.2, 0.25) is 5.91 Å². The van der Waals surface area contributed by atoms with E-state index in [0.717, 1.165) is 30.7 Å². The molecule has 0 unspecified atom stereocenters. The Morgan fingerprint density at radius 2 is 2.32 bits per heavy atom. The number of H-pyrrole nitrogens is 1. The Kier molecular flexibility index (Phi) is 5.61. The smallest absolute Gasteiger partial charge is 0.251 e. The van der Waals surface area contributed by atoms with E-state index in [1.165, 1.54) is 12.4 Å². The third-order valence-corrected chi connectivity index (χ3v) is 5.83. The van der Waals surface area contributed by atoms with Gasteiger partial charge in [-0.05, 0) is 30.7 Å². The van der Waals surface area contributed by atoms with Crippen molar-refractivity contribution in [2.24, 2.45) is 0 Å². The van der Waals surface area contributed by atoms with E-state index in [1.807, 2.05) is 22.4 Å². The van der Waals surface area contributed by atoms with Crippen molar-refractivity contribution in [3.63, 3.8) is 0 Å². The van der Waals surface area contributed by atoms with Crippen LogP contribution in [0.25, 0.3) is 10.6 Å². The number of piperidine rings is 1. The maximum absolute atomic E-state index is 12.6. The Labute approximate surface area is 166 Å². The van der Waals surface area contributed by atoms with Gasteiger partial charge in [0.15, 0.2) is 0 Å². The first-order valence-corrected chi connectivity index (χ1v) is 10.3. The summed E-state index contributed by atoms with van der Waals surface area (Å²) in [4.78, 5) is 39.1. The molecule has 4 heterocycles. The highest BCUT2D eigenvalue weighted by molar-refractivity contribution is 7.13. The lowest BCUT2D eigenvalue weighted by molar-refractivity contribution is -0.132. The highest BCUT2D eigenvalue weighted by atomic mass is 32.1. The van der Waals surface area contributed by atoms with Gasteiger partial charge < -0.3 is 9.88 Å². The summed E-state index contributed by atoms with van der Waals surface area (Å²) in [6, 6.07) is 5.44. The first-order chi connectivity index (χ1) is 13.7. The van der Waals surface area contributed by atoms with E-state index in [-0.39, 0.29) is 17.4 Å². The molecule has 0 radical (unpaired) electrons. The van der Waals surface area contributed by atoms with Crippen LogP contribution in [0.4, 0.5) is 0 Å². The van der Waals surface area contributed by atoms with Gasteiger partial charge in [-0.15, -0.1) is 11.3 Å². The molecule has 146 valence electrons. The van der Waals surface area contributed by atoms with Crippen LogP contribution >= 0.6 is 11.3 Å². The van der Waals surface area contributed by atoms with Gasteiger partial charge in [-0.25, -0.2) is 9.97 Å². The second kappa shape index (κ2) is 8.47. The van der Waals surface area contributed by atoms with Crippen molar-refractivity contribution >= 4 is 17.2 Å². The number of thiophene rings is 1. The summed E-state index contributed by atoms with van der Waals surface area (Å²) < 4.78 is 1.73. The van der Waals surface area contributed by atoms with Gasteiger partial charge in [-0.3, -0.25) is 14.3 Å². The predicted molar refractivity (Wildman–Crippen MR) is 106 cm³/mol. The Morgan fingerprint density at radius 1 is 1.39 bits per heavy atom. The van der Waals surface area contributed by atoms with E-state index in [4.69, 9.17) is 0 Å². The number of likely N-dealkylation sites (tertiary alicyclic amines) is 1. The van der Waals surface area contributed by atoms with Gasteiger partial charge in [0, 0.05) is 38.0 Å². The van der Waals surface area contributed by atoms with E-state index in [2.05, 4.69) is 20.1 Å². The van der Waals surface area contributed by atoms with Crippen LogP contribution in [-0.4, -0.2) is 48.6 Å². The average molecular weight is 398 g/mol. The standard InChI is InChI=1S/C19H22N6O2S/c26-17-10-15(16-5-3-9-28-16)22-19(23-17)14-4-1-7-24(11-14)18(27)6-2-8-25-13-20-12-21-25/h3,5,9-10,12-14H,1-2,4,6-8,11H2,(H,22,23,26)/t14-/m0/s1. The zero-order valence-corrected chi connectivity index (χ0v) is 16.3. The van der Waals surface area contributed by atoms with E-state index >= 15 is 0 Å². The van der Waals surface area contributed by atoms with E-state index in [1.54, 1.807) is 22.3 Å². The first-order valence-electron chi connectivity index (χ1n) is 9.44. The van der Waals surface area contributed by atoms with Gasteiger partial charge in [0.05, 0.1) is 10.6 Å². The summed E-state index contributed by atoms with van der Waals surface area (Å²) >= 11 is 1.56. The molecular weight excluding hydrogens is 376 g/mol. The van der Waals surface area contributed by atoms with Gasteiger partial charge in [0.1, 0.15) is 18.5 Å². The minimum absolute atomic E-state index is 0.0561. The molecule has 8 nitrogen and oxygen atoms in total. The second-order valence-corrected chi connectivity index (χ2v) is 7.88. The maximum atomic E-state index is 12.6. The van der Waals surface area contributed by atoms with Crippen LogP contribution in [0.5, 0.6) is 0 Å². The first kappa shape index (κ1) is 18.5. The van der Waals surface area contributed by atoms with Crippen molar-refractivity contribution in [3.05, 3.63) is 52.4 Å². The molecule has 3 aromatic rings. The molecule has 1 fully saturated rings. The SMILES string of the molecule is O=C(CCCn1cncn1)N1CCC[C@H](c2nc(-c3cccs3)cc(=O)[nH]2)C1. The molecule has 0 spiro atoms. The lowest BCUT2D eigenvalue weighted by Crippen LogP contribution is -2.39. The van der Waals surface area contributed by atoms with Crippen molar-refractivity contribution in [1.29, 1.82) is 0 Å². The average Bonchev–Trinajstić information content (AvgIpc) is 3.42. The van der Waals surface area contributed by atoms with E-state index < -0.39 is 0 Å². The quantitative estimate of drug-likeness (QED) is 0.687. The molecule has 0 aromatic carbocycles. The Bertz CT molecular complexity index is 967. The fraction of sp³-hybridized carbons (Fsp3) is 0.421. The Hall–Kier alpha value is -2.81. The van der Waals surface area contributed by atoms with Crippen LogP contribution in [-0.2, 0) is 11.3 Å². The highest BCUT2D eigenvalue weighted by Crippen LogP contribution is 2.27. The number of aromatic nitrogens is 5. The molecule has 0 saturated carbocycles. The van der Waals surface area contributed by atoms with Crippen LogP contribution in [0.1, 0.15) is 37.4 Å². The molecule has 1 saturated heterocycles. The van der Waals surface area contributed by atoms with Crippen LogP contribution in [0, 0.1) is 0 Å². The van der Waals surface area contributed by atoms with Crippen molar-refractivity contribution in [2.45, 2.75) is 38.1 Å². The number of hydrogen-bond acceptors (Lipinski definition) is 6. The molecule has 9 heteroatoms. The lowest BCUT2D eigenvalue weighted by atomic mass is 9.96. The number of nitrogens with zero attached hydrogens (tertiary/aromatic N) is 5. The normalized spacial score (nSPS) is 17.0. The van der Waals surface area contributed by atoms with Crippen LogP contribution in [0.2, 0.25) is 0 Å². The Morgan fingerprint density at radius 3 is 3.11 bits per heavy atom. The number of carbonyl (C=O) groups excluding carboxylic acids is 1. The largest absolute Gasteiger partial charge is 0.342 e. The molecule has 28 heavy (non-hydrogen) atoms. The zero-order chi connectivity index (χ0) is 19.3. The van der Waals surface area contributed by atoms with Crippen molar-refractivity contribution in [1.82, 2.24) is 29.6 Å². The second-order valence-electron chi connectivity index (χ2n) is 6.93. The summed E-state index contributed by atoms with van der Waals surface area (Å²) in [5.41, 5.74) is 0.551. The molecule has 1 atom stereocenters. The molecule has 0 bridgehead atoms. The third-order valence-electron chi connectivity index (χ3n) is 4.94. The van der Waals surface area contributed by atoms with Crippen LogP contribution in [0.15, 0.2) is 41.0 Å².